The van der Waals surface area contributed by atoms with Gasteiger partial charge in [0.15, 0.2) is 0 Å². The van der Waals surface area contributed by atoms with Crippen LogP contribution in [0.4, 0.5) is 0 Å². The Bertz CT molecular complexity index is 2990. The molecule has 8 rings (SSSR count). The van der Waals surface area contributed by atoms with Crippen molar-refractivity contribution in [1.82, 2.24) is 0 Å². The van der Waals surface area contributed by atoms with Crippen LogP contribution in [0, 0.1) is 0 Å². The molecule has 4 aromatic carbocycles. The molecule has 0 amide bonds. The number of esters is 2. The number of benzene rings is 4. The lowest BCUT2D eigenvalue weighted by atomic mass is 9.91. The van der Waals surface area contributed by atoms with Crippen molar-refractivity contribution in [1.29, 1.82) is 0 Å². The average Bonchev–Trinajstić information content (AvgIpc) is 2.08. The van der Waals surface area contributed by atoms with Gasteiger partial charge in [-0.2, -0.15) is 0 Å². The summed E-state index contributed by atoms with van der Waals surface area (Å²) in [5.41, 5.74) is 6.47. The highest BCUT2D eigenvalue weighted by molar-refractivity contribution is 8.77. The normalized spacial score (nSPS) is 17.4. The van der Waals surface area contributed by atoms with E-state index in [9.17, 15) is 9.59 Å². The van der Waals surface area contributed by atoms with Crippen molar-refractivity contribution >= 4 is 113 Å². The highest BCUT2D eigenvalue weighted by Crippen LogP contribution is 2.55. The highest BCUT2D eigenvalue weighted by Gasteiger charge is 2.25. The first-order chi connectivity index (χ1) is 45.3. The predicted octanol–water partition coefficient (Wildman–Crippen LogP) is 19.6. The first-order valence-electron chi connectivity index (χ1n) is 33.2. The first kappa shape index (κ1) is 75.9. The van der Waals surface area contributed by atoms with Crippen molar-refractivity contribution in [3.05, 3.63) is 123 Å². The summed E-state index contributed by atoms with van der Waals surface area (Å²) in [6, 6.07) is 20.5. The highest BCUT2D eigenvalue weighted by atomic mass is 33.1. The van der Waals surface area contributed by atoms with E-state index in [1.165, 1.54) is 55.5 Å². The van der Waals surface area contributed by atoms with Crippen molar-refractivity contribution in [3.8, 4) is 23.0 Å². The molecule has 93 heavy (non-hydrogen) atoms. The van der Waals surface area contributed by atoms with Crippen LogP contribution in [-0.2, 0) is 56.0 Å². The maximum Gasteiger partial charge on any atom is 0.306 e. The molecule has 2 unspecified atom stereocenters. The molecule has 2 atom stereocenters. The van der Waals surface area contributed by atoms with Gasteiger partial charge in [0.2, 0.25) is 0 Å². The quantitative estimate of drug-likeness (QED) is 0.0236. The largest absolute Gasteiger partial charge is 0.491 e. The molecule has 0 aromatic heterocycles. The third kappa shape index (κ3) is 26.0. The van der Waals surface area contributed by atoms with Crippen LogP contribution in [0.2, 0.25) is 0 Å². The topological polar surface area (TPSA) is 136 Å². The Hall–Kier alpha value is -2.90. The van der Waals surface area contributed by atoms with E-state index in [0.29, 0.717) is 105 Å². The second kappa shape index (κ2) is 42.1. The maximum atomic E-state index is 12.6. The van der Waals surface area contributed by atoms with Crippen molar-refractivity contribution in [2.75, 3.05) is 104 Å². The van der Waals surface area contributed by atoms with Crippen LogP contribution in [0.25, 0.3) is 10.8 Å². The van der Waals surface area contributed by atoms with Gasteiger partial charge < -0.3 is 52.1 Å². The first-order valence-corrected chi connectivity index (χ1v) is 41.4. The van der Waals surface area contributed by atoms with Gasteiger partial charge >= 0.3 is 11.9 Å². The smallest absolute Gasteiger partial charge is 0.306 e. The van der Waals surface area contributed by atoms with E-state index in [1.54, 1.807) is 47.0 Å². The molecule has 4 heterocycles. The molecule has 4 aliphatic rings. The fourth-order valence-electron chi connectivity index (χ4n) is 10.7. The Balaban J connectivity index is 0.638. The Kier molecular flexibility index (Phi) is 34.4. The average molecular weight is 1430 g/mol. The third-order valence-electron chi connectivity index (χ3n) is 15.7. The molecular formula is C72H98O13S8. The van der Waals surface area contributed by atoms with Crippen LogP contribution in [0.1, 0.15) is 177 Å². The molecule has 4 aliphatic heterocycles. The number of thioether (sulfide) groups is 4. The molecule has 0 bridgehead atoms. The Morgan fingerprint density at radius 3 is 1.17 bits per heavy atom. The van der Waals surface area contributed by atoms with Gasteiger partial charge in [-0.3, -0.25) is 9.59 Å². The summed E-state index contributed by atoms with van der Waals surface area (Å²) in [7, 11) is 7.93. The van der Waals surface area contributed by atoms with Gasteiger partial charge in [-0.25, -0.2) is 0 Å². The number of hydrogen-bond donors (Lipinski definition) is 0. The van der Waals surface area contributed by atoms with E-state index in [2.05, 4.69) is 90.5 Å². The van der Waals surface area contributed by atoms with Crippen LogP contribution >= 0.6 is 90.2 Å². The van der Waals surface area contributed by atoms with Crippen LogP contribution < -0.4 is 18.9 Å². The summed E-state index contributed by atoms with van der Waals surface area (Å²) in [6.45, 7) is 24.3. The van der Waals surface area contributed by atoms with E-state index in [4.69, 9.17) is 52.1 Å². The van der Waals surface area contributed by atoms with Crippen LogP contribution in [0.5, 0.6) is 23.0 Å². The lowest BCUT2D eigenvalue weighted by molar-refractivity contribution is -0.146. The zero-order valence-electron chi connectivity index (χ0n) is 55.8. The van der Waals surface area contributed by atoms with Gasteiger partial charge in [0.1, 0.15) is 62.6 Å². The SMILES string of the molecule is CC(C)c1cc(COC(=O)CCCCC2CCSS2)cc(C(C)C)c1OCCOCCOCC1=CS/C(=C2\SC=C(COCCOCCOc3cccc4c(OCCOCCOc5c(C(C)C)cc(COC(=O)CCCCC6CCSS6)cc5C(C)C)cccc34)S2)S1. The second-order valence-electron chi connectivity index (χ2n) is 24.4. The van der Waals surface area contributed by atoms with Crippen molar-refractivity contribution in [3.63, 3.8) is 0 Å². The number of ether oxygens (including phenoxy) is 11. The van der Waals surface area contributed by atoms with Gasteiger partial charge in [-0.15, -0.1) is 0 Å². The van der Waals surface area contributed by atoms with Crippen molar-refractivity contribution < 1.29 is 61.7 Å². The molecule has 0 aliphatic carbocycles. The monoisotopic (exact) mass is 1430 g/mol. The lowest BCUT2D eigenvalue weighted by Crippen LogP contribution is -2.14. The van der Waals surface area contributed by atoms with E-state index in [0.717, 1.165) is 103 Å². The predicted molar refractivity (Wildman–Crippen MR) is 396 cm³/mol. The second-order valence-corrected chi connectivity index (χ2v) is 34.5. The number of carbonyl (C=O) groups excluding carboxylic acids is 2. The van der Waals surface area contributed by atoms with Crippen LogP contribution in [0.3, 0.4) is 0 Å². The number of hydrogen-bond acceptors (Lipinski definition) is 21. The van der Waals surface area contributed by atoms with Gasteiger partial charge in [0.05, 0.1) is 74.5 Å². The van der Waals surface area contributed by atoms with Crippen molar-refractivity contribution in [2.45, 2.75) is 167 Å². The van der Waals surface area contributed by atoms with Gasteiger partial charge in [0, 0.05) is 55.4 Å². The number of rotatable bonds is 44. The molecule has 0 spiro atoms. The fourth-order valence-corrected chi connectivity index (χ4v) is 21.5. The molecule has 2 fully saturated rings. The van der Waals surface area contributed by atoms with E-state index < -0.39 is 0 Å². The summed E-state index contributed by atoms with van der Waals surface area (Å²) in [4.78, 5) is 27.6. The third-order valence-corrected chi connectivity index (χ3v) is 27.0. The minimum Gasteiger partial charge on any atom is -0.491 e. The number of fused-ring (bicyclic) bond motifs is 1. The Morgan fingerprint density at radius 1 is 0.441 bits per heavy atom. The van der Waals surface area contributed by atoms with Crippen molar-refractivity contribution in [2.24, 2.45) is 0 Å². The fraction of sp³-hybridized carbons (Fsp3) is 0.583. The van der Waals surface area contributed by atoms with E-state index >= 15 is 0 Å². The minimum atomic E-state index is -0.126. The molecule has 2 saturated heterocycles. The molecule has 13 nitrogen and oxygen atoms in total. The van der Waals surface area contributed by atoms with Gasteiger partial charge in [-0.1, -0.05) is 183 Å². The Morgan fingerprint density at radius 2 is 0.806 bits per heavy atom. The maximum absolute atomic E-state index is 12.6. The molecule has 0 radical (unpaired) electrons. The minimum absolute atomic E-state index is 0.120. The van der Waals surface area contributed by atoms with Gasteiger partial charge in [0.25, 0.3) is 0 Å². The molecule has 512 valence electrons. The summed E-state index contributed by atoms with van der Waals surface area (Å²) in [5.74, 6) is 6.54. The van der Waals surface area contributed by atoms with E-state index in [-0.39, 0.29) is 48.8 Å². The summed E-state index contributed by atoms with van der Waals surface area (Å²) < 4.78 is 69.2. The van der Waals surface area contributed by atoms with Gasteiger partial charge in [-0.05, 0) is 143 Å². The summed E-state index contributed by atoms with van der Waals surface area (Å²) in [5, 5.41) is 7.78. The number of carbonyl (C=O) groups is 2. The molecule has 21 heteroatoms. The van der Waals surface area contributed by atoms with E-state index in [1.807, 2.05) is 79.6 Å². The lowest BCUT2D eigenvalue weighted by Gasteiger charge is -2.22. The number of unbranched alkanes of at least 4 members (excludes halogenated alkanes) is 2. The zero-order chi connectivity index (χ0) is 65.6. The van der Waals surface area contributed by atoms with Crippen LogP contribution in [-0.4, -0.2) is 126 Å². The Labute approximate surface area is 587 Å². The van der Waals surface area contributed by atoms with Crippen LogP contribution in [0.15, 0.2) is 89.8 Å². The standard InChI is InChI=1S/C72H98O13S8/c1-49(2)61-39-53(43-84-67(73)21-11-9-15-55-23-37-88-92-55)40-62(50(3)4)69(61)82-35-31-76-26-28-79-46-58-48-87-72(91-58)71-86-47-57(90-71)45-78-27-25-75-29-33-80-65-19-13-18-60-59(65)17-14-20-66(60)81-34-30-77-32-36-83-70-63(51(5)6)41-54(42-64(70)52(7)8)44-85-68(74)22-12-10-16-56-24-38-89-93-56/h13-14,17-20,39-42,47-52,55-56H,9-12,15-16,21-38,43-46H2,1-8H3/b72-71-. The molecule has 0 saturated carbocycles. The summed E-state index contributed by atoms with van der Waals surface area (Å²) in [6.07, 6.45) is 9.79. The zero-order valence-corrected chi connectivity index (χ0v) is 62.3. The summed E-state index contributed by atoms with van der Waals surface area (Å²) >= 11 is 7.04. The molecule has 0 N–H and O–H groups in total. The molecular weight excluding hydrogens is 1330 g/mol. The molecule has 4 aromatic rings.